The van der Waals surface area contributed by atoms with E-state index in [2.05, 4.69) is 29.1 Å². The first kappa shape index (κ1) is 16.6. The van der Waals surface area contributed by atoms with Gasteiger partial charge in [0.15, 0.2) is 11.6 Å². The molecule has 128 valence electrons. The lowest BCUT2D eigenvalue weighted by Crippen LogP contribution is -2.39. The molecule has 1 aliphatic rings. The summed E-state index contributed by atoms with van der Waals surface area (Å²) >= 11 is 0. The minimum Gasteiger partial charge on any atom is -0.494 e. The molecule has 2 aromatic rings. The molecule has 1 aromatic carbocycles. The van der Waals surface area contributed by atoms with Crippen LogP contribution in [0.3, 0.4) is 0 Å². The fourth-order valence-corrected chi connectivity index (χ4v) is 3.05. The Morgan fingerprint density at radius 2 is 2.17 bits per heavy atom. The van der Waals surface area contributed by atoms with E-state index in [-0.39, 0.29) is 17.5 Å². The maximum Gasteiger partial charge on any atom is 0.240 e. The fraction of sp³-hybridized carbons (Fsp3) is 0.444. The Kier molecular flexibility index (Phi) is 4.94. The van der Waals surface area contributed by atoms with Gasteiger partial charge in [-0.15, -0.1) is 10.2 Å². The Labute approximate surface area is 141 Å². The van der Waals surface area contributed by atoms with Gasteiger partial charge in [-0.1, -0.05) is 6.07 Å². The number of piperidine rings is 1. The van der Waals surface area contributed by atoms with E-state index in [4.69, 9.17) is 9.15 Å². The van der Waals surface area contributed by atoms with Gasteiger partial charge in [-0.3, -0.25) is 0 Å². The highest BCUT2D eigenvalue weighted by Crippen LogP contribution is 2.31. The number of halogens is 1. The molecule has 1 aromatic heterocycles. The first-order valence-corrected chi connectivity index (χ1v) is 8.13. The van der Waals surface area contributed by atoms with Crippen LogP contribution >= 0.6 is 0 Å². The molecule has 5 nitrogen and oxygen atoms in total. The number of hydrogen-bond donors (Lipinski definition) is 0. The predicted molar refractivity (Wildman–Crippen MR) is 90.2 cm³/mol. The standard InChI is InChI=1S/C18H22FN3O2/c1-12-14(5-4-10-22(12)2)18-21-20-17(24-18)9-7-13-6-8-15(19)16(11-13)23-3/h6-9,11-12,14H,4-5,10H2,1-3H3/t12-,14-/m0/s1. The van der Waals surface area contributed by atoms with Crippen LogP contribution in [-0.2, 0) is 0 Å². The van der Waals surface area contributed by atoms with Gasteiger partial charge in [-0.2, -0.15) is 0 Å². The molecule has 0 unspecified atom stereocenters. The molecular weight excluding hydrogens is 309 g/mol. The van der Waals surface area contributed by atoms with Crippen molar-refractivity contribution in [2.75, 3.05) is 20.7 Å². The largest absolute Gasteiger partial charge is 0.494 e. The van der Waals surface area contributed by atoms with E-state index < -0.39 is 0 Å². The monoisotopic (exact) mass is 331 g/mol. The molecule has 0 saturated carbocycles. The number of ether oxygens (including phenoxy) is 1. The van der Waals surface area contributed by atoms with Crippen molar-refractivity contribution < 1.29 is 13.5 Å². The van der Waals surface area contributed by atoms with Crippen molar-refractivity contribution in [3.8, 4) is 5.75 Å². The van der Waals surface area contributed by atoms with E-state index >= 15 is 0 Å². The zero-order chi connectivity index (χ0) is 17.1. The minimum atomic E-state index is -0.384. The highest BCUT2D eigenvalue weighted by Gasteiger charge is 2.30. The Balaban J connectivity index is 1.74. The lowest BCUT2D eigenvalue weighted by molar-refractivity contribution is 0.158. The van der Waals surface area contributed by atoms with E-state index in [0.29, 0.717) is 17.8 Å². The normalized spacial score (nSPS) is 22.2. The van der Waals surface area contributed by atoms with Crippen LogP contribution in [0.1, 0.15) is 43.0 Å². The molecule has 0 aliphatic carbocycles. The van der Waals surface area contributed by atoms with Gasteiger partial charge in [0.2, 0.25) is 11.8 Å². The van der Waals surface area contributed by atoms with Crippen molar-refractivity contribution in [1.82, 2.24) is 15.1 Å². The molecule has 1 saturated heterocycles. The summed E-state index contributed by atoms with van der Waals surface area (Å²) in [4.78, 5) is 2.32. The maximum absolute atomic E-state index is 13.4. The summed E-state index contributed by atoms with van der Waals surface area (Å²) in [5.74, 6) is 1.23. The van der Waals surface area contributed by atoms with Crippen LogP contribution in [-0.4, -0.2) is 41.8 Å². The molecule has 0 bridgehead atoms. The molecule has 3 rings (SSSR count). The number of likely N-dealkylation sites (N-methyl/N-ethyl adjacent to an activating group) is 1. The van der Waals surface area contributed by atoms with Gasteiger partial charge in [0.25, 0.3) is 0 Å². The van der Waals surface area contributed by atoms with Crippen molar-refractivity contribution >= 4 is 12.2 Å². The minimum absolute atomic E-state index is 0.211. The van der Waals surface area contributed by atoms with Crippen LogP contribution < -0.4 is 4.74 Å². The summed E-state index contributed by atoms with van der Waals surface area (Å²) in [7, 11) is 3.56. The molecule has 0 amide bonds. The van der Waals surface area contributed by atoms with E-state index in [9.17, 15) is 4.39 Å². The summed E-state index contributed by atoms with van der Waals surface area (Å²) in [6, 6.07) is 5.06. The molecule has 1 fully saturated rings. The lowest BCUT2D eigenvalue weighted by atomic mass is 9.91. The Hall–Kier alpha value is -2.21. The summed E-state index contributed by atoms with van der Waals surface area (Å²) in [6.45, 7) is 3.29. The van der Waals surface area contributed by atoms with Crippen molar-refractivity contribution in [3.63, 3.8) is 0 Å². The number of aromatic nitrogens is 2. The summed E-state index contributed by atoms with van der Waals surface area (Å²) in [5, 5.41) is 8.30. The van der Waals surface area contributed by atoms with E-state index in [0.717, 1.165) is 24.9 Å². The number of hydrogen-bond acceptors (Lipinski definition) is 5. The summed E-state index contributed by atoms with van der Waals surface area (Å²) in [5.41, 5.74) is 0.804. The second kappa shape index (κ2) is 7.13. The molecular formula is C18H22FN3O2. The van der Waals surface area contributed by atoms with Gasteiger partial charge >= 0.3 is 0 Å². The smallest absolute Gasteiger partial charge is 0.240 e. The quantitative estimate of drug-likeness (QED) is 0.857. The molecule has 0 spiro atoms. The van der Waals surface area contributed by atoms with Gasteiger partial charge < -0.3 is 14.1 Å². The second-order valence-corrected chi connectivity index (χ2v) is 6.18. The first-order valence-electron chi connectivity index (χ1n) is 8.13. The molecule has 0 radical (unpaired) electrons. The zero-order valence-corrected chi connectivity index (χ0v) is 14.2. The van der Waals surface area contributed by atoms with Crippen LogP contribution in [0.4, 0.5) is 4.39 Å². The fourth-order valence-electron chi connectivity index (χ4n) is 3.05. The summed E-state index contributed by atoms with van der Waals surface area (Å²) in [6.07, 6.45) is 5.73. The van der Waals surface area contributed by atoms with E-state index in [1.165, 1.54) is 13.2 Å². The average molecular weight is 331 g/mol. The van der Waals surface area contributed by atoms with Crippen molar-refractivity contribution in [1.29, 1.82) is 0 Å². The lowest BCUT2D eigenvalue weighted by Gasteiger charge is -2.34. The topological polar surface area (TPSA) is 51.4 Å². The predicted octanol–water partition coefficient (Wildman–Crippen LogP) is 3.59. The third kappa shape index (κ3) is 3.48. The first-order chi connectivity index (χ1) is 11.6. The Morgan fingerprint density at radius 3 is 2.96 bits per heavy atom. The number of benzene rings is 1. The third-order valence-corrected chi connectivity index (χ3v) is 4.67. The van der Waals surface area contributed by atoms with Gasteiger partial charge in [-0.05, 0) is 57.1 Å². The molecule has 1 aliphatic heterocycles. The van der Waals surface area contributed by atoms with Crippen molar-refractivity contribution in [2.24, 2.45) is 0 Å². The van der Waals surface area contributed by atoms with Gasteiger partial charge in [0, 0.05) is 12.1 Å². The van der Waals surface area contributed by atoms with Gasteiger partial charge in [-0.25, -0.2) is 4.39 Å². The summed E-state index contributed by atoms with van der Waals surface area (Å²) < 4.78 is 24.2. The molecule has 0 N–H and O–H groups in total. The van der Waals surface area contributed by atoms with Crippen LogP contribution in [0.2, 0.25) is 0 Å². The molecule has 24 heavy (non-hydrogen) atoms. The average Bonchev–Trinajstić information content (AvgIpc) is 3.05. The highest BCUT2D eigenvalue weighted by molar-refractivity contribution is 5.66. The third-order valence-electron chi connectivity index (χ3n) is 4.67. The zero-order valence-electron chi connectivity index (χ0n) is 14.2. The van der Waals surface area contributed by atoms with Gasteiger partial charge in [0.1, 0.15) is 0 Å². The van der Waals surface area contributed by atoms with E-state index in [1.54, 1.807) is 24.3 Å². The van der Waals surface area contributed by atoms with Crippen molar-refractivity contribution in [2.45, 2.75) is 31.7 Å². The molecule has 6 heteroatoms. The Bertz CT molecular complexity index is 729. The maximum atomic E-state index is 13.4. The van der Waals surface area contributed by atoms with Crippen LogP contribution in [0.15, 0.2) is 22.6 Å². The number of rotatable bonds is 4. The number of nitrogens with zero attached hydrogens (tertiary/aromatic N) is 3. The van der Waals surface area contributed by atoms with Crippen molar-refractivity contribution in [3.05, 3.63) is 41.4 Å². The van der Waals surface area contributed by atoms with Crippen LogP contribution in [0.5, 0.6) is 5.75 Å². The number of methoxy groups -OCH3 is 1. The van der Waals surface area contributed by atoms with E-state index in [1.807, 2.05) is 0 Å². The molecule has 2 heterocycles. The number of likely N-dealkylation sites (tertiary alicyclic amines) is 1. The SMILES string of the molecule is COc1cc(C=Cc2nnc([C@H]3CCCN(C)[C@H]3C)o2)ccc1F. The molecule has 2 atom stereocenters. The van der Waals surface area contributed by atoms with Crippen LogP contribution in [0.25, 0.3) is 12.2 Å². The van der Waals surface area contributed by atoms with Gasteiger partial charge in [0.05, 0.1) is 13.0 Å². The van der Waals surface area contributed by atoms with Crippen LogP contribution in [0, 0.1) is 5.82 Å². The highest BCUT2D eigenvalue weighted by atomic mass is 19.1. The Morgan fingerprint density at radius 1 is 1.33 bits per heavy atom. The second-order valence-electron chi connectivity index (χ2n) is 6.18.